The standard InChI is InChI=1S/C16H17FN2O/c1-12(2)19(11-13-6-4-3-5-7-13)16(20)14-8-9-15(17)18-10-14/h3-10,12H,11H2,1-2H3. The third-order valence-electron chi connectivity index (χ3n) is 3.05. The summed E-state index contributed by atoms with van der Waals surface area (Å²) in [5, 5.41) is 0. The number of carbonyl (C=O) groups is 1. The van der Waals surface area contributed by atoms with E-state index in [0.29, 0.717) is 12.1 Å². The lowest BCUT2D eigenvalue weighted by molar-refractivity contribution is 0.0690. The van der Waals surface area contributed by atoms with Gasteiger partial charge in [0.15, 0.2) is 0 Å². The number of aromatic nitrogens is 1. The second-order valence-electron chi connectivity index (χ2n) is 4.88. The van der Waals surface area contributed by atoms with Crippen molar-refractivity contribution >= 4 is 5.91 Å². The molecule has 0 radical (unpaired) electrons. The van der Waals surface area contributed by atoms with E-state index in [1.165, 1.54) is 18.3 Å². The molecule has 0 unspecified atom stereocenters. The molecule has 0 aliphatic heterocycles. The van der Waals surface area contributed by atoms with E-state index in [9.17, 15) is 9.18 Å². The Morgan fingerprint density at radius 1 is 1.20 bits per heavy atom. The van der Waals surface area contributed by atoms with Crippen LogP contribution in [0.15, 0.2) is 48.7 Å². The minimum Gasteiger partial charge on any atom is -0.332 e. The van der Waals surface area contributed by atoms with Crippen molar-refractivity contribution in [1.29, 1.82) is 0 Å². The zero-order valence-electron chi connectivity index (χ0n) is 11.6. The van der Waals surface area contributed by atoms with Crippen molar-refractivity contribution in [2.45, 2.75) is 26.4 Å². The lowest BCUT2D eigenvalue weighted by Crippen LogP contribution is -2.36. The number of hydrogen-bond acceptors (Lipinski definition) is 2. The summed E-state index contributed by atoms with van der Waals surface area (Å²) >= 11 is 0. The first-order valence-electron chi connectivity index (χ1n) is 6.54. The molecule has 0 fully saturated rings. The van der Waals surface area contributed by atoms with Crippen LogP contribution in [0.4, 0.5) is 4.39 Å². The number of benzene rings is 1. The van der Waals surface area contributed by atoms with Crippen LogP contribution >= 0.6 is 0 Å². The fourth-order valence-electron chi connectivity index (χ4n) is 1.94. The second-order valence-corrected chi connectivity index (χ2v) is 4.88. The summed E-state index contributed by atoms with van der Waals surface area (Å²) in [5.74, 6) is -0.725. The third-order valence-corrected chi connectivity index (χ3v) is 3.05. The summed E-state index contributed by atoms with van der Waals surface area (Å²) in [5.41, 5.74) is 1.46. The molecule has 1 aromatic heterocycles. The maximum atomic E-state index is 12.8. The van der Waals surface area contributed by atoms with E-state index in [2.05, 4.69) is 4.98 Å². The molecule has 0 saturated carbocycles. The van der Waals surface area contributed by atoms with Crippen LogP contribution < -0.4 is 0 Å². The van der Waals surface area contributed by atoms with Crippen LogP contribution in [0.3, 0.4) is 0 Å². The number of pyridine rings is 1. The number of carbonyl (C=O) groups excluding carboxylic acids is 1. The molecule has 0 saturated heterocycles. The number of nitrogens with zero attached hydrogens (tertiary/aromatic N) is 2. The van der Waals surface area contributed by atoms with Gasteiger partial charge in [0.1, 0.15) is 0 Å². The summed E-state index contributed by atoms with van der Waals surface area (Å²) in [7, 11) is 0. The highest BCUT2D eigenvalue weighted by Crippen LogP contribution is 2.13. The van der Waals surface area contributed by atoms with Crippen molar-refractivity contribution in [2.75, 3.05) is 0 Å². The molecule has 0 aliphatic rings. The number of amides is 1. The van der Waals surface area contributed by atoms with Crippen LogP contribution in [0.1, 0.15) is 29.8 Å². The van der Waals surface area contributed by atoms with E-state index in [4.69, 9.17) is 0 Å². The van der Waals surface area contributed by atoms with Gasteiger partial charge < -0.3 is 4.90 Å². The molecular formula is C16H17FN2O. The SMILES string of the molecule is CC(C)N(Cc1ccccc1)C(=O)c1ccc(F)nc1. The first-order chi connectivity index (χ1) is 9.58. The summed E-state index contributed by atoms with van der Waals surface area (Å²) < 4.78 is 12.8. The van der Waals surface area contributed by atoms with Crippen LogP contribution in [0.2, 0.25) is 0 Å². The van der Waals surface area contributed by atoms with Crippen molar-refractivity contribution in [1.82, 2.24) is 9.88 Å². The van der Waals surface area contributed by atoms with Crippen LogP contribution in [0.5, 0.6) is 0 Å². The molecule has 1 aromatic carbocycles. The van der Waals surface area contributed by atoms with E-state index < -0.39 is 5.95 Å². The molecule has 0 bridgehead atoms. The van der Waals surface area contributed by atoms with Gasteiger partial charge in [0, 0.05) is 18.8 Å². The Morgan fingerprint density at radius 3 is 2.45 bits per heavy atom. The van der Waals surface area contributed by atoms with Crippen molar-refractivity contribution in [2.24, 2.45) is 0 Å². The molecule has 2 aromatic rings. The highest BCUT2D eigenvalue weighted by molar-refractivity contribution is 5.94. The monoisotopic (exact) mass is 272 g/mol. The zero-order chi connectivity index (χ0) is 14.5. The van der Waals surface area contributed by atoms with Gasteiger partial charge in [-0.1, -0.05) is 30.3 Å². The van der Waals surface area contributed by atoms with Gasteiger partial charge in [0.2, 0.25) is 5.95 Å². The smallest absolute Gasteiger partial charge is 0.255 e. The molecule has 1 amide bonds. The maximum Gasteiger partial charge on any atom is 0.255 e. The Balaban J connectivity index is 2.20. The van der Waals surface area contributed by atoms with Crippen LogP contribution in [0, 0.1) is 5.95 Å². The molecule has 0 aliphatic carbocycles. The number of hydrogen-bond donors (Lipinski definition) is 0. The molecule has 3 nitrogen and oxygen atoms in total. The van der Waals surface area contributed by atoms with Crippen molar-refractivity contribution in [3.8, 4) is 0 Å². The summed E-state index contributed by atoms with van der Waals surface area (Å²) in [6, 6.07) is 12.5. The highest BCUT2D eigenvalue weighted by atomic mass is 19.1. The van der Waals surface area contributed by atoms with Crippen LogP contribution in [-0.4, -0.2) is 21.8 Å². The van der Waals surface area contributed by atoms with Gasteiger partial charge in [-0.25, -0.2) is 4.98 Å². The number of rotatable bonds is 4. The van der Waals surface area contributed by atoms with Gasteiger partial charge in [-0.05, 0) is 31.5 Å². The third kappa shape index (κ3) is 3.41. The Hall–Kier alpha value is -2.23. The maximum absolute atomic E-state index is 12.8. The fourth-order valence-corrected chi connectivity index (χ4v) is 1.94. The van der Waals surface area contributed by atoms with E-state index >= 15 is 0 Å². The van der Waals surface area contributed by atoms with Crippen molar-refractivity contribution in [3.63, 3.8) is 0 Å². The quantitative estimate of drug-likeness (QED) is 0.800. The topological polar surface area (TPSA) is 33.2 Å². The molecule has 1 heterocycles. The second kappa shape index (κ2) is 6.28. The first-order valence-corrected chi connectivity index (χ1v) is 6.54. The summed E-state index contributed by atoms with van der Waals surface area (Å²) in [6.45, 7) is 4.43. The average molecular weight is 272 g/mol. The van der Waals surface area contributed by atoms with E-state index in [0.717, 1.165) is 5.56 Å². The normalized spacial score (nSPS) is 10.6. The molecule has 0 spiro atoms. The minimum absolute atomic E-state index is 0.0489. The molecule has 2 rings (SSSR count). The van der Waals surface area contributed by atoms with Gasteiger partial charge >= 0.3 is 0 Å². The predicted molar refractivity (Wildman–Crippen MR) is 75.6 cm³/mol. The van der Waals surface area contributed by atoms with Crippen LogP contribution in [0.25, 0.3) is 0 Å². The predicted octanol–water partition coefficient (Wildman–Crippen LogP) is 3.27. The van der Waals surface area contributed by atoms with Crippen LogP contribution in [-0.2, 0) is 6.54 Å². The lowest BCUT2D eigenvalue weighted by Gasteiger charge is -2.27. The molecule has 0 N–H and O–H groups in total. The minimum atomic E-state index is -0.583. The largest absolute Gasteiger partial charge is 0.332 e. The fraction of sp³-hybridized carbons (Fsp3) is 0.250. The Kier molecular flexibility index (Phi) is 4.45. The van der Waals surface area contributed by atoms with Gasteiger partial charge in [-0.15, -0.1) is 0 Å². The average Bonchev–Trinajstić information content (AvgIpc) is 2.45. The highest BCUT2D eigenvalue weighted by Gasteiger charge is 2.19. The molecule has 4 heteroatoms. The van der Waals surface area contributed by atoms with E-state index in [1.807, 2.05) is 44.2 Å². The van der Waals surface area contributed by atoms with Gasteiger partial charge in [0.25, 0.3) is 5.91 Å². The van der Waals surface area contributed by atoms with Crippen molar-refractivity contribution < 1.29 is 9.18 Å². The van der Waals surface area contributed by atoms with Crippen molar-refractivity contribution in [3.05, 3.63) is 65.7 Å². The summed E-state index contributed by atoms with van der Waals surface area (Å²) in [4.78, 5) is 17.7. The Bertz CT molecular complexity index is 567. The van der Waals surface area contributed by atoms with Gasteiger partial charge in [0.05, 0.1) is 5.56 Å². The molecular weight excluding hydrogens is 255 g/mol. The lowest BCUT2D eigenvalue weighted by atomic mass is 10.1. The van der Waals surface area contributed by atoms with Gasteiger partial charge in [-0.2, -0.15) is 4.39 Å². The summed E-state index contributed by atoms with van der Waals surface area (Å²) in [6.07, 6.45) is 1.28. The molecule has 20 heavy (non-hydrogen) atoms. The zero-order valence-corrected chi connectivity index (χ0v) is 11.6. The van der Waals surface area contributed by atoms with Gasteiger partial charge in [-0.3, -0.25) is 4.79 Å². The molecule has 104 valence electrons. The van der Waals surface area contributed by atoms with E-state index in [-0.39, 0.29) is 11.9 Å². The Labute approximate surface area is 118 Å². The molecule has 0 atom stereocenters. The Morgan fingerprint density at radius 2 is 1.90 bits per heavy atom. The number of halogens is 1. The van der Waals surface area contributed by atoms with E-state index in [1.54, 1.807) is 4.90 Å². The first kappa shape index (κ1) is 14.2.